The van der Waals surface area contributed by atoms with E-state index in [1.807, 2.05) is 4.90 Å². The van der Waals surface area contributed by atoms with Crippen LogP contribution in [0.25, 0.3) is 0 Å². The number of nitrogens with zero attached hydrogens (tertiary/aromatic N) is 2. The Bertz CT molecular complexity index is 548. The average Bonchev–Trinajstić information content (AvgIpc) is 2.74. The van der Waals surface area contributed by atoms with Crippen LogP contribution in [-0.4, -0.2) is 79.7 Å². The molecular formula is C20H33N3O5. The zero-order valence-electron chi connectivity index (χ0n) is 16.9. The van der Waals surface area contributed by atoms with E-state index in [-0.39, 0.29) is 35.8 Å². The van der Waals surface area contributed by atoms with Crippen LogP contribution >= 0.6 is 0 Å². The van der Waals surface area contributed by atoms with Crippen molar-refractivity contribution in [2.75, 3.05) is 46.0 Å². The SMILES string of the molecule is CCOC(=O)N1CCC(NC(=O)C2CCN(C(=O)C3CCOCC3)CC2)CC1. The van der Waals surface area contributed by atoms with Crippen molar-refractivity contribution in [3.63, 3.8) is 0 Å². The molecule has 0 aromatic rings. The Kier molecular flexibility index (Phi) is 7.53. The first-order valence-corrected chi connectivity index (χ1v) is 10.7. The summed E-state index contributed by atoms with van der Waals surface area (Å²) in [7, 11) is 0. The molecule has 3 rings (SSSR count). The molecule has 8 heteroatoms. The highest BCUT2D eigenvalue weighted by molar-refractivity contribution is 5.81. The van der Waals surface area contributed by atoms with Gasteiger partial charge in [0.05, 0.1) is 6.61 Å². The highest BCUT2D eigenvalue weighted by Gasteiger charge is 2.33. The Labute approximate surface area is 166 Å². The lowest BCUT2D eigenvalue weighted by molar-refractivity contribution is -0.141. The van der Waals surface area contributed by atoms with E-state index in [0.29, 0.717) is 46.0 Å². The van der Waals surface area contributed by atoms with Gasteiger partial charge in [-0.25, -0.2) is 4.79 Å². The molecule has 158 valence electrons. The summed E-state index contributed by atoms with van der Waals surface area (Å²) in [5, 5.41) is 3.15. The molecule has 3 fully saturated rings. The number of carbonyl (C=O) groups is 3. The van der Waals surface area contributed by atoms with E-state index in [9.17, 15) is 14.4 Å². The van der Waals surface area contributed by atoms with Crippen LogP contribution in [0.1, 0.15) is 45.4 Å². The van der Waals surface area contributed by atoms with E-state index in [1.54, 1.807) is 11.8 Å². The predicted molar refractivity (Wildman–Crippen MR) is 103 cm³/mol. The maximum absolute atomic E-state index is 12.6. The fraction of sp³-hybridized carbons (Fsp3) is 0.850. The number of rotatable bonds is 4. The lowest BCUT2D eigenvalue weighted by Crippen LogP contribution is -2.50. The van der Waals surface area contributed by atoms with Gasteiger partial charge in [0.25, 0.3) is 0 Å². The Morgan fingerprint density at radius 3 is 2.11 bits per heavy atom. The third-order valence-electron chi connectivity index (χ3n) is 6.12. The zero-order valence-corrected chi connectivity index (χ0v) is 16.9. The minimum atomic E-state index is -0.270. The van der Waals surface area contributed by atoms with Gasteiger partial charge < -0.3 is 24.6 Å². The number of hydrogen-bond donors (Lipinski definition) is 1. The second kappa shape index (κ2) is 10.1. The van der Waals surface area contributed by atoms with E-state index in [0.717, 1.165) is 38.5 Å². The van der Waals surface area contributed by atoms with E-state index in [4.69, 9.17) is 9.47 Å². The molecule has 3 saturated heterocycles. The molecule has 0 aliphatic carbocycles. The van der Waals surface area contributed by atoms with Gasteiger partial charge in [-0.3, -0.25) is 9.59 Å². The Morgan fingerprint density at radius 2 is 1.50 bits per heavy atom. The average molecular weight is 396 g/mol. The summed E-state index contributed by atoms with van der Waals surface area (Å²) >= 11 is 0. The molecule has 3 aliphatic heterocycles. The van der Waals surface area contributed by atoms with Gasteiger partial charge in [-0.15, -0.1) is 0 Å². The van der Waals surface area contributed by atoms with Crippen molar-refractivity contribution in [2.24, 2.45) is 11.8 Å². The Balaban J connectivity index is 1.37. The van der Waals surface area contributed by atoms with Crippen LogP contribution in [0.2, 0.25) is 0 Å². The van der Waals surface area contributed by atoms with Gasteiger partial charge in [0.1, 0.15) is 0 Å². The first kappa shape index (κ1) is 20.9. The third kappa shape index (κ3) is 5.37. The van der Waals surface area contributed by atoms with E-state index >= 15 is 0 Å². The second-order valence-corrected chi connectivity index (χ2v) is 7.96. The summed E-state index contributed by atoms with van der Waals surface area (Å²) in [6, 6.07) is 0.111. The number of amides is 3. The van der Waals surface area contributed by atoms with Crippen LogP contribution in [0, 0.1) is 11.8 Å². The largest absolute Gasteiger partial charge is 0.450 e. The molecule has 0 unspecified atom stereocenters. The minimum Gasteiger partial charge on any atom is -0.450 e. The summed E-state index contributed by atoms with van der Waals surface area (Å²) in [4.78, 5) is 40.6. The standard InChI is InChI=1S/C20H33N3O5/c1-2-28-20(26)23-11-5-17(6-12-23)21-18(24)15-3-9-22(10-4-15)19(25)16-7-13-27-14-8-16/h15-17H,2-14H2,1H3,(H,21,24). The first-order valence-electron chi connectivity index (χ1n) is 10.7. The van der Waals surface area contributed by atoms with Crippen LogP contribution < -0.4 is 5.32 Å². The van der Waals surface area contributed by atoms with Crippen molar-refractivity contribution in [2.45, 2.75) is 51.5 Å². The Morgan fingerprint density at radius 1 is 0.893 bits per heavy atom. The van der Waals surface area contributed by atoms with E-state index < -0.39 is 0 Å². The topological polar surface area (TPSA) is 88.2 Å². The fourth-order valence-electron chi connectivity index (χ4n) is 4.30. The van der Waals surface area contributed by atoms with Crippen molar-refractivity contribution in [1.29, 1.82) is 0 Å². The lowest BCUT2D eigenvalue weighted by Gasteiger charge is -2.36. The van der Waals surface area contributed by atoms with Crippen LogP contribution in [-0.2, 0) is 19.1 Å². The van der Waals surface area contributed by atoms with Gasteiger partial charge >= 0.3 is 6.09 Å². The fourth-order valence-corrected chi connectivity index (χ4v) is 4.30. The van der Waals surface area contributed by atoms with E-state index in [1.165, 1.54) is 0 Å². The molecule has 28 heavy (non-hydrogen) atoms. The van der Waals surface area contributed by atoms with Crippen LogP contribution in [0.3, 0.4) is 0 Å². The zero-order chi connectivity index (χ0) is 19.9. The quantitative estimate of drug-likeness (QED) is 0.777. The predicted octanol–water partition coefficient (Wildman–Crippen LogP) is 1.39. The van der Waals surface area contributed by atoms with E-state index in [2.05, 4.69) is 5.32 Å². The molecule has 3 aliphatic rings. The summed E-state index contributed by atoms with van der Waals surface area (Å²) in [6.07, 6.45) is 4.31. The van der Waals surface area contributed by atoms with Gasteiger partial charge in [0, 0.05) is 57.3 Å². The summed E-state index contributed by atoms with van der Waals surface area (Å²) in [6.45, 7) is 6.07. The monoisotopic (exact) mass is 395 g/mol. The summed E-state index contributed by atoms with van der Waals surface area (Å²) in [5.74, 6) is 0.381. The van der Waals surface area contributed by atoms with Gasteiger partial charge in [0.15, 0.2) is 0 Å². The maximum Gasteiger partial charge on any atom is 0.409 e. The molecule has 0 radical (unpaired) electrons. The molecule has 0 saturated carbocycles. The molecule has 0 aromatic carbocycles. The van der Waals surface area contributed by atoms with Crippen molar-refractivity contribution in [3.8, 4) is 0 Å². The van der Waals surface area contributed by atoms with Crippen LogP contribution in [0.5, 0.6) is 0 Å². The van der Waals surface area contributed by atoms with Gasteiger partial charge in [-0.05, 0) is 45.4 Å². The van der Waals surface area contributed by atoms with Gasteiger partial charge in [0.2, 0.25) is 11.8 Å². The van der Waals surface area contributed by atoms with Crippen molar-refractivity contribution < 1.29 is 23.9 Å². The molecule has 0 aromatic heterocycles. The highest BCUT2D eigenvalue weighted by atomic mass is 16.6. The second-order valence-electron chi connectivity index (χ2n) is 7.96. The molecule has 1 N–H and O–H groups in total. The van der Waals surface area contributed by atoms with Crippen molar-refractivity contribution in [3.05, 3.63) is 0 Å². The Hall–Kier alpha value is -1.83. The van der Waals surface area contributed by atoms with Crippen molar-refractivity contribution >= 4 is 17.9 Å². The van der Waals surface area contributed by atoms with Crippen LogP contribution in [0.15, 0.2) is 0 Å². The number of ether oxygens (including phenoxy) is 2. The minimum absolute atomic E-state index is 0.0261. The lowest BCUT2D eigenvalue weighted by atomic mass is 9.92. The number of piperidine rings is 2. The number of likely N-dealkylation sites (tertiary alicyclic amines) is 2. The summed E-state index contributed by atoms with van der Waals surface area (Å²) < 4.78 is 10.4. The number of nitrogens with one attached hydrogen (secondary N) is 1. The maximum atomic E-state index is 12.6. The molecular weight excluding hydrogens is 362 g/mol. The molecule has 3 amide bonds. The number of carbonyl (C=O) groups excluding carboxylic acids is 3. The van der Waals surface area contributed by atoms with Crippen molar-refractivity contribution in [1.82, 2.24) is 15.1 Å². The third-order valence-corrected chi connectivity index (χ3v) is 6.12. The molecule has 0 bridgehead atoms. The molecule has 3 heterocycles. The summed E-state index contributed by atoms with van der Waals surface area (Å²) in [5.41, 5.74) is 0. The molecule has 0 spiro atoms. The molecule has 0 atom stereocenters. The van der Waals surface area contributed by atoms with Gasteiger partial charge in [-0.1, -0.05) is 0 Å². The number of hydrogen-bond acceptors (Lipinski definition) is 5. The van der Waals surface area contributed by atoms with Gasteiger partial charge in [-0.2, -0.15) is 0 Å². The van der Waals surface area contributed by atoms with Crippen LogP contribution in [0.4, 0.5) is 4.79 Å². The molecule has 8 nitrogen and oxygen atoms in total. The first-order chi connectivity index (χ1) is 13.6. The normalized spacial score (nSPS) is 22.8. The highest BCUT2D eigenvalue weighted by Crippen LogP contribution is 2.23. The smallest absolute Gasteiger partial charge is 0.409 e.